The lowest BCUT2D eigenvalue weighted by Gasteiger charge is -2.27. The van der Waals surface area contributed by atoms with Crippen LogP contribution in [-0.2, 0) is 0 Å². The first-order valence-electron chi connectivity index (χ1n) is 3.97. The molecule has 13 heavy (non-hydrogen) atoms. The van der Waals surface area contributed by atoms with Gasteiger partial charge < -0.3 is 5.11 Å². The number of aliphatic hydroxyl groups is 1. The van der Waals surface area contributed by atoms with Gasteiger partial charge in [0, 0.05) is 13.1 Å². The van der Waals surface area contributed by atoms with Crippen LogP contribution in [0.15, 0.2) is 0 Å². The molecule has 0 saturated carbocycles. The van der Waals surface area contributed by atoms with Gasteiger partial charge in [-0.25, -0.2) is 0 Å². The highest BCUT2D eigenvalue weighted by molar-refractivity contribution is 7.80. The largest absolute Gasteiger partial charge is 0.418 e. The lowest BCUT2D eigenvalue weighted by atomic mass is 10.0. The monoisotopic (exact) mass is 215 g/mol. The van der Waals surface area contributed by atoms with Crippen LogP contribution in [0.4, 0.5) is 13.2 Å². The molecule has 1 rings (SSSR count). The van der Waals surface area contributed by atoms with E-state index in [4.69, 9.17) is 0 Å². The SMILES string of the molecule is CC(S)N1CCC(O)(C(F)(F)F)C1. The molecule has 1 saturated heterocycles. The predicted octanol–water partition coefficient (Wildman–Crippen LogP) is 1.26. The van der Waals surface area contributed by atoms with Crippen molar-refractivity contribution < 1.29 is 18.3 Å². The van der Waals surface area contributed by atoms with E-state index in [9.17, 15) is 18.3 Å². The van der Waals surface area contributed by atoms with Crippen molar-refractivity contribution in [3.8, 4) is 0 Å². The molecule has 78 valence electrons. The summed E-state index contributed by atoms with van der Waals surface area (Å²) in [6.07, 6.45) is -4.80. The lowest BCUT2D eigenvalue weighted by Crippen LogP contribution is -2.47. The summed E-state index contributed by atoms with van der Waals surface area (Å²) in [5.41, 5.74) is -2.54. The van der Waals surface area contributed by atoms with E-state index < -0.39 is 11.8 Å². The van der Waals surface area contributed by atoms with Gasteiger partial charge in [-0.15, -0.1) is 0 Å². The Morgan fingerprint density at radius 1 is 1.54 bits per heavy atom. The molecular weight excluding hydrogens is 203 g/mol. The highest BCUT2D eigenvalue weighted by Crippen LogP contribution is 2.38. The van der Waals surface area contributed by atoms with Gasteiger partial charge in [-0.3, -0.25) is 4.90 Å². The van der Waals surface area contributed by atoms with E-state index in [-0.39, 0.29) is 24.9 Å². The van der Waals surface area contributed by atoms with Gasteiger partial charge in [0.05, 0.1) is 5.37 Å². The number of alkyl halides is 3. The van der Waals surface area contributed by atoms with Crippen molar-refractivity contribution in [2.45, 2.75) is 30.5 Å². The summed E-state index contributed by atoms with van der Waals surface area (Å²) in [7, 11) is 0. The molecular formula is C7H12F3NOS. The molecule has 0 spiro atoms. The van der Waals surface area contributed by atoms with Gasteiger partial charge in [-0.05, 0) is 13.3 Å². The Morgan fingerprint density at radius 3 is 2.31 bits per heavy atom. The Balaban J connectivity index is 2.67. The van der Waals surface area contributed by atoms with Crippen molar-refractivity contribution in [3.05, 3.63) is 0 Å². The van der Waals surface area contributed by atoms with Gasteiger partial charge in [-0.2, -0.15) is 25.8 Å². The van der Waals surface area contributed by atoms with Crippen LogP contribution in [-0.4, -0.2) is 40.2 Å². The first-order chi connectivity index (χ1) is 5.76. The Bertz CT molecular complexity index is 197. The Hall–Kier alpha value is 0.0600. The number of nitrogens with zero attached hydrogens (tertiary/aromatic N) is 1. The van der Waals surface area contributed by atoms with Crippen LogP contribution >= 0.6 is 12.6 Å². The number of thiol groups is 1. The molecule has 0 aromatic carbocycles. The van der Waals surface area contributed by atoms with Crippen LogP contribution in [0, 0.1) is 0 Å². The molecule has 0 amide bonds. The number of halogens is 3. The average Bonchev–Trinajstić information content (AvgIpc) is 2.31. The predicted molar refractivity (Wildman–Crippen MR) is 45.6 cm³/mol. The summed E-state index contributed by atoms with van der Waals surface area (Å²) in [5, 5.41) is 8.99. The van der Waals surface area contributed by atoms with Crippen LogP contribution in [0.1, 0.15) is 13.3 Å². The molecule has 6 heteroatoms. The zero-order valence-electron chi connectivity index (χ0n) is 7.17. The molecule has 2 atom stereocenters. The maximum Gasteiger partial charge on any atom is 0.418 e. The van der Waals surface area contributed by atoms with E-state index in [1.165, 1.54) is 4.90 Å². The van der Waals surface area contributed by atoms with E-state index in [0.29, 0.717) is 0 Å². The number of hydrogen-bond donors (Lipinski definition) is 2. The minimum absolute atomic E-state index is 0.237. The van der Waals surface area contributed by atoms with Gasteiger partial charge in [0.1, 0.15) is 0 Å². The standard InChI is InChI=1S/C7H12F3NOS/c1-5(13)11-3-2-6(12,4-11)7(8,9)10/h5,12-13H,2-4H2,1H3. The minimum atomic E-state index is -4.54. The van der Waals surface area contributed by atoms with Crippen molar-refractivity contribution in [3.63, 3.8) is 0 Å². The van der Waals surface area contributed by atoms with Crippen LogP contribution < -0.4 is 0 Å². The Kier molecular flexibility index (Phi) is 2.85. The van der Waals surface area contributed by atoms with E-state index >= 15 is 0 Å². The summed E-state index contributed by atoms with van der Waals surface area (Å²) in [4.78, 5) is 1.50. The van der Waals surface area contributed by atoms with E-state index in [1.807, 2.05) is 0 Å². The van der Waals surface area contributed by atoms with Crippen molar-refractivity contribution in [1.82, 2.24) is 4.90 Å². The third kappa shape index (κ3) is 2.11. The summed E-state index contributed by atoms with van der Waals surface area (Å²) in [5.74, 6) is 0. The van der Waals surface area contributed by atoms with Gasteiger partial charge in [0.15, 0.2) is 5.60 Å². The van der Waals surface area contributed by atoms with Gasteiger partial charge in [-0.1, -0.05) is 0 Å². The fourth-order valence-corrected chi connectivity index (χ4v) is 1.57. The first-order valence-corrected chi connectivity index (χ1v) is 4.49. The van der Waals surface area contributed by atoms with Crippen LogP contribution in [0.25, 0.3) is 0 Å². The van der Waals surface area contributed by atoms with Crippen molar-refractivity contribution >= 4 is 12.6 Å². The van der Waals surface area contributed by atoms with Gasteiger partial charge in [0.2, 0.25) is 0 Å². The molecule has 0 radical (unpaired) electrons. The van der Waals surface area contributed by atoms with Crippen molar-refractivity contribution in [1.29, 1.82) is 0 Å². The van der Waals surface area contributed by atoms with E-state index in [0.717, 1.165) is 0 Å². The molecule has 1 heterocycles. The van der Waals surface area contributed by atoms with Crippen molar-refractivity contribution in [2.75, 3.05) is 13.1 Å². The normalized spacial score (nSPS) is 33.7. The maximum absolute atomic E-state index is 12.3. The van der Waals surface area contributed by atoms with Crippen LogP contribution in [0.3, 0.4) is 0 Å². The third-order valence-electron chi connectivity index (χ3n) is 2.33. The number of rotatable bonds is 1. The molecule has 1 aliphatic heterocycles. The maximum atomic E-state index is 12.3. The molecule has 1 fully saturated rings. The number of hydrogen-bond acceptors (Lipinski definition) is 3. The summed E-state index contributed by atoms with van der Waals surface area (Å²) >= 11 is 4.01. The van der Waals surface area contributed by atoms with Gasteiger partial charge >= 0.3 is 6.18 Å². The van der Waals surface area contributed by atoms with E-state index in [1.54, 1.807) is 6.92 Å². The second kappa shape index (κ2) is 3.33. The topological polar surface area (TPSA) is 23.5 Å². The second-order valence-corrected chi connectivity index (χ2v) is 4.13. The minimum Gasteiger partial charge on any atom is -0.379 e. The molecule has 1 aliphatic rings. The molecule has 0 aromatic rings. The Morgan fingerprint density at radius 2 is 2.08 bits per heavy atom. The third-order valence-corrected chi connectivity index (χ3v) is 2.66. The molecule has 2 nitrogen and oxygen atoms in total. The summed E-state index contributed by atoms with van der Waals surface area (Å²) < 4.78 is 36.8. The van der Waals surface area contributed by atoms with Crippen molar-refractivity contribution in [2.24, 2.45) is 0 Å². The smallest absolute Gasteiger partial charge is 0.379 e. The van der Waals surface area contributed by atoms with Crippen LogP contribution in [0.2, 0.25) is 0 Å². The average molecular weight is 215 g/mol. The highest BCUT2D eigenvalue weighted by Gasteiger charge is 2.57. The molecule has 0 aromatic heterocycles. The molecule has 0 bridgehead atoms. The molecule has 2 unspecified atom stereocenters. The summed E-state index contributed by atoms with van der Waals surface area (Å²) in [6.45, 7) is 1.55. The summed E-state index contributed by atoms with van der Waals surface area (Å²) in [6, 6.07) is 0. The quantitative estimate of drug-likeness (QED) is 0.643. The Labute approximate surface area is 80.1 Å². The molecule has 0 aliphatic carbocycles. The lowest BCUT2D eigenvalue weighted by molar-refractivity contribution is -0.254. The van der Waals surface area contributed by atoms with E-state index in [2.05, 4.69) is 12.6 Å². The number of β-amino-alcohol motifs (C(OH)–C–C–N with tert-alkyl or cyclic N) is 1. The van der Waals surface area contributed by atoms with Crippen LogP contribution in [0.5, 0.6) is 0 Å². The fraction of sp³-hybridized carbons (Fsp3) is 1.00. The zero-order chi connectivity index (χ0) is 10.3. The highest BCUT2D eigenvalue weighted by atomic mass is 32.1. The second-order valence-electron chi connectivity index (χ2n) is 3.38. The zero-order valence-corrected chi connectivity index (χ0v) is 8.07. The fourth-order valence-electron chi connectivity index (χ4n) is 1.37. The number of likely N-dealkylation sites (tertiary alicyclic amines) is 1. The first kappa shape index (κ1) is 11.1. The van der Waals surface area contributed by atoms with Gasteiger partial charge in [0.25, 0.3) is 0 Å². The molecule has 1 N–H and O–H groups in total.